The van der Waals surface area contributed by atoms with Gasteiger partial charge < -0.3 is 28.1 Å². The van der Waals surface area contributed by atoms with E-state index in [0.717, 1.165) is 9.13 Å². The number of Topliss-reactive ketones (excluding diaryl/α,β-unsaturated/α-hetero) is 2. The number of nitrogens with zero attached hydrogens (tertiary/aromatic N) is 2. The zero-order valence-electron chi connectivity index (χ0n) is 24.9. The maximum Gasteiger partial charge on any atom is 0.573 e. The molecule has 0 aliphatic carbocycles. The summed E-state index contributed by atoms with van der Waals surface area (Å²) in [4.78, 5) is 23.1. The van der Waals surface area contributed by atoms with Crippen LogP contribution in [0.2, 0.25) is 0 Å². The Morgan fingerprint density at radius 1 is 0.580 bits per heavy atom. The van der Waals surface area contributed by atoms with E-state index in [1.165, 1.54) is 14.2 Å². The normalized spacial score (nSPS) is 12.6. The third-order valence-corrected chi connectivity index (χ3v) is 6.39. The highest BCUT2D eigenvalue weighted by atomic mass is 19.4. The molecule has 0 unspecified atom stereocenters. The average molecular weight is 746 g/mol. The fraction of sp³-hybridized carbons (Fsp3) is 0.357. The van der Waals surface area contributed by atoms with Crippen molar-refractivity contribution in [2.24, 2.45) is 0 Å². The summed E-state index contributed by atoms with van der Waals surface area (Å²) in [5.41, 5.74) is -3.52. The maximum atomic E-state index is 14.1. The van der Waals surface area contributed by atoms with Crippen molar-refractivity contribution in [3.05, 3.63) is 59.4 Å². The van der Waals surface area contributed by atoms with E-state index >= 15 is 0 Å². The number of hydrogen-bond donors (Lipinski definition) is 0. The van der Waals surface area contributed by atoms with E-state index in [1.54, 1.807) is 0 Å². The fourth-order valence-corrected chi connectivity index (χ4v) is 4.55. The molecule has 2 heterocycles. The van der Waals surface area contributed by atoms with Crippen LogP contribution in [0.25, 0.3) is 21.8 Å². The van der Waals surface area contributed by atoms with E-state index in [1.807, 2.05) is 0 Å². The molecule has 0 aliphatic heterocycles. The Balaban J connectivity index is 0.000000270. The van der Waals surface area contributed by atoms with Gasteiger partial charge in [0, 0.05) is 39.7 Å². The van der Waals surface area contributed by atoms with Crippen LogP contribution >= 0.6 is 0 Å². The van der Waals surface area contributed by atoms with Gasteiger partial charge in [-0.15, -0.1) is 26.3 Å². The number of methoxy groups -OCH3 is 2. The summed E-state index contributed by atoms with van der Waals surface area (Å²) in [6, 6.07) is 2.24. The summed E-state index contributed by atoms with van der Waals surface area (Å²) in [7, 11) is 2.53. The summed E-state index contributed by atoms with van der Waals surface area (Å²) < 4.78 is 198. The largest absolute Gasteiger partial charge is 0.573 e. The second-order valence-corrected chi connectivity index (χ2v) is 9.75. The molecule has 4 aromatic rings. The second kappa shape index (κ2) is 14.7. The minimum atomic E-state index is -5.36. The quantitative estimate of drug-likeness (QED) is 0.121. The summed E-state index contributed by atoms with van der Waals surface area (Å²) in [6.45, 7) is -0.532. The molecule has 276 valence electrons. The van der Waals surface area contributed by atoms with Crippen molar-refractivity contribution in [2.45, 2.75) is 38.2 Å². The van der Waals surface area contributed by atoms with Gasteiger partial charge in [0.05, 0.1) is 46.1 Å². The molecule has 22 heteroatoms. The van der Waals surface area contributed by atoms with Crippen LogP contribution in [0.4, 0.5) is 61.5 Å². The van der Waals surface area contributed by atoms with Crippen LogP contribution in [0.1, 0.15) is 20.7 Å². The molecule has 8 nitrogen and oxygen atoms in total. The lowest BCUT2D eigenvalue weighted by atomic mass is 10.1. The van der Waals surface area contributed by atoms with E-state index < -0.39 is 92.7 Å². The Kier molecular flexibility index (Phi) is 11.7. The summed E-state index contributed by atoms with van der Waals surface area (Å²) in [6.07, 6.45) is -19.9. The smallest absolute Gasteiger partial charge is 0.405 e. The third-order valence-electron chi connectivity index (χ3n) is 6.39. The molecule has 50 heavy (non-hydrogen) atoms. The van der Waals surface area contributed by atoms with Crippen LogP contribution < -0.4 is 9.47 Å². The first kappa shape index (κ1) is 39.8. The molecule has 0 aliphatic rings. The predicted molar refractivity (Wildman–Crippen MR) is 142 cm³/mol. The number of hydrogen-bond acceptors (Lipinski definition) is 6. The number of halogens is 14. The van der Waals surface area contributed by atoms with Gasteiger partial charge in [-0.2, -0.15) is 26.3 Å². The molecule has 0 N–H and O–H groups in total. The number of aromatic nitrogens is 2. The number of carbonyl (C=O) groups excluding carboxylic acids is 2. The molecule has 4 rings (SSSR count). The van der Waals surface area contributed by atoms with Crippen LogP contribution in [0.3, 0.4) is 0 Å². The van der Waals surface area contributed by atoms with Gasteiger partial charge in [-0.1, -0.05) is 0 Å². The minimum Gasteiger partial charge on any atom is -0.405 e. The van der Waals surface area contributed by atoms with Gasteiger partial charge in [0.1, 0.15) is 23.1 Å². The molecule has 0 spiro atoms. The minimum absolute atomic E-state index is 0.0762. The molecule has 0 saturated carbocycles. The van der Waals surface area contributed by atoms with Gasteiger partial charge in [0.15, 0.2) is 0 Å². The summed E-state index contributed by atoms with van der Waals surface area (Å²) in [5, 5.41) is -1.81. The SMILES string of the molecule is COCCn1cc(C(=O)C(F)(F)F)c2c(OC(F)(F)F)ccc(F)c21.COCCn1cc(C(=O)C(F)(F)F)c2c(OC(F)(F)F)ccc(F)c21. The van der Waals surface area contributed by atoms with Crippen LogP contribution in [0.15, 0.2) is 36.7 Å². The van der Waals surface area contributed by atoms with Crippen molar-refractivity contribution in [3.8, 4) is 11.5 Å². The Morgan fingerprint density at radius 3 is 1.16 bits per heavy atom. The van der Waals surface area contributed by atoms with Gasteiger partial charge in [-0.25, -0.2) is 8.78 Å². The highest BCUT2D eigenvalue weighted by molar-refractivity contribution is 6.13. The Morgan fingerprint density at radius 2 is 0.900 bits per heavy atom. The van der Waals surface area contributed by atoms with E-state index in [-0.39, 0.29) is 26.3 Å². The number of alkyl halides is 12. The van der Waals surface area contributed by atoms with Crippen LogP contribution in [-0.2, 0) is 22.6 Å². The van der Waals surface area contributed by atoms with E-state index in [4.69, 9.17) is 9.47 Å². The number of ether oxygens (including phenoxy) is 4. The summed E-state index contributed by atoms with van der Waals surface area (Å²) in [5.74, 6) is -9.25. The molecule has 0 atom stereocenters. The monoisotopic (exact) mass is 746 g/mol. The number of ketones is 2. The van der Waals surface area contributed by atoms with Crippen molar-refractivity contribution in [1.82, 2.24) is 9.13 Å². The highest BCUT2D eigenvalue weighted by Crippen LogP contribution is 2.40. The highest BCUT2D eigenvalue weighted by Gasteiger charge is 2.44. The fourth-order valence-electron chi connectivity index (χ4n) is 4.55. The van der Waals surface area contributed by atoms with Crippen molar-refractivity contribution in [3.63, 3.8) is 0 Å². The lowest BCUT2D eigenvalue weighted by Gasteiger charge is -2.12. The first-order valence-electron chi connectivity index (χ1n) is 13.3. The molecule has 2 aromatic carbocycles. The Bertz CT molecular complexity index is 1720. The van der Waals surface area contributed by atoms with Gasteiger partial charge >= 0.3 is 25.1 Å². The second-order valence-electron chi connectivity index (χ2n) is 9.75. The third kappa shape index (κ3) is 9.34. The van der Waals surface area contributed by atoms with E-state index in [0.29, 0.717) is 36.7 Å². The van der Waals surface area contributed by atoms with Crippen molar-refractivity contribution < 1.29 is 90.0 Å². The lowest BCUT2D eigenvalue weighted by molar-refractivity contribution is -0.275. The molecular weight excluding hydrogens is 726 g/mol. The van der Waals surface area contributed by atoms with Crippen molar-refractivity contribution in [1.29, 1.82) is 0 Å². The van der Waals surface area contributed by atoms with Crippen LogP contribution in [0.5, 0.6) is 11.5 Å². The standard InChI is InChI=1S/2C14H10F7NO3/c2*1-24-5-4-22-6-7(12(23)13(16,17)18)10-9(25-14(19,20)21)3-2-8(15)11(10)22/h2*2-3,6H,4-5H2,1H3. The number of fused-ring (bicyclic) bond motifs is 2. The van der Waals surface area contributed by atoms with E-state index in [2.05, 4.69) is 9.47 Å². The van der Waals surface area contributed by atoms with E-state index in [9.17, 15) is 71.1 Å². The number of rotatable bonds is 10. The molecule has 0 amide bonds. The van der Waals surface area contributed by atoms with Crippen molar-refractivity contribution in [2.75, 3.05) is 27.4 Å². The van der Waals surface area contributed by atoms with Crippen LogP contribution in [0, 0.1) is 11.6 Å². The number of carbonyl (C=O) groups is 2. The zero-order valence-corrected chi connectivity index (χ0v) is 24.9. The molecular formula is C28H20F14N2O6. The number of benzene rings is 2. The lowest BCUT2D eigenvalue weighted by Crippen LogP contribution is -2.23. The topological polar surface area (TPSA) is 80.9 Å². The predicted octanol–water partition coefficient (Wildman–Crippen LogP) is 8.14. The molecule has 0 saturated heterocycles. The maximum absolute atomic E-state index is 14.1. The Labute approximate surface area is 269 Å². The first-order valence-corrected chi connectivity index (χ1v) is 13.3. The Hall–Kier alpha value is -4.60. The average Bonchev–Trinajstić information content (AvgIpc) is 3.56. The first-order chi connectivity index (χ1) is 22.9. The molecule has 0 bridgehead atoms. The van der Waals surface area contributed by atoms with Gasteiger partial charge in [0.2, 0.25) is 0 Å². The van der Waals surface area contributed by atoms with Crippen molar-refractivity contribution >= 4 is 33.4 Å². The van der Waals surface area contributed by atoms with Gasteiger partial charge in [-0.3, -0.25) is 9.59 Å². The van der Waals surface area contributed by atoms with Gasteiger partial charge in [-0.05, 0) is 24.3 Å². The summed E-state index contributed by atoms with van der Waals surface area (Å²) >= 11 is 0. The molecule has 2 aromatic heterocycles. The van der Waals surface area contributed by atoms with Crippen LogP contribution in [-0.4, -0.2) is 73.2 Å². The molecule has 0 fully saturated rings. The zero-order chi connectivity index (χ0) is 38.0. The van der Waals surface area contributed by atoms with Gasteiger partial charge in [0.25, 0.3) is 11.6 Å². The molecule has 0 radical (unpaired) electrons.